The third-order valence-corrected chi connectivity index (χ3v) is 7.76. The molecule has 5 rings (SSSR count). The predicted molar refractivity (Wildman–Crippen MR) is 137 cm³/mol. The van der Waals surface area contributed by atoms with Crippen molar-refractivity contribution in [2.45, 2.75) is 70.6 Å². The van der Waals surface area contributed by atoms with Crippen molar-refractivity contribution in [1.82, 2.24) is 25.6 Å². The van der Waals surface area contributed by atoms with Gasteiger partial charge in [0.2, 0.25) is 5.88 Å². The number of amides is 3. The van der Waals surface area contributed by atoms with Crippen LogP contribution in [0.4, 0.5) is 9.59 Å². The summed E-state index contributed by atoms with van der Waals surface area (Å²) in [6.07, 6.45) is 7.76. The molecule has 1 spiro atoms. The molecule has 2 N–H and O–H groups in total. The third-order valence-electron chi connectivity index (χ3n) is 7.76. The molecule has 1 fully saturated rings. The minimum atomic E-state index is -0.777. The van der Waals surface area contributed by atoms with Crippen molar-refractivity contribution in [2.75, 3.05) is 13.7 Å². The maximum atomic E-state index is 12.9. The van der Waals surface area contributed by atoms with E-state index in [1.165, 1.54) is 5.56 Å². The predicted octanol–water partition coefficient (Wildman–Crippen LogP) is 3.71. The molecule has 1 saturated carbocycles. The number of urea groups is 1. The molecule has 3 amide bonds. The number of nitrogens with zero attached hydrogens (tertiary/aromatic N) is 4. The van der Waals surface area contributed by atoms with Crippen molar-refractivity contribution >= 4 is 17.8 Å². The number of nitrogens with one attached hydrogen (secondary N) is 2. The van der Waals surface area contributed by atoms with Gasteiger partial charge >= 0.3 is 12.1 Å². The van der Waals surface area contributed by atoms with Crippen LogP contribution in [0, 0.1) is 12.8 Å². The number of hydrogen-bond donors (Lipinski definition) is 2. The van der Waals surface area contributed by atoms with Crippen LogP contribution in [0.25, 0.3) is 0 Å². The van der Waals surface area contributed by atoms with E-state index in [0.29, 0.717) is 43.4 Å². The van der Waals surface area contributed by atoms with Gasteiger partial charge in [0.1, 0.15) is 5.71 Å². The van der Waals surface area contributed by atoms with Crippen LogP contribution in [-0.2, 0) is 17.7 Å². The fraction of sp³-hybridized carbons (Fsp3) is 0.519. The third kappa shape index (κ3) is 5.23. The lowest BCUT2D eigenvalue weighted by molar-refractivity contribution is 0.0154. The van der Waals surface area contributed by atoms with Crippen molar-refractivity contribution in [2.24, 2.45) is 11.0 Å². The van der Waals surface area contributed by atoms with Crippen molar-refractivity contribution < 1.29 is 19.1 Å². The second kappa shape index (κ2) is 10.4. The number of carbonyl (C=O) groups is 2. The lowest BCUT2D eigenvalue weighted by Crippen LogP contribution is -2.53. The number of rotatable bonds is 5. The highest BCUT2D eigenvalue weighted by molar-refractivity contribution is 6.09. The summed E-state index contributed by atoms with van der Waals surface area (Å²) in [5, 5.41) is 7.59. The van der Waals surface area contributed by atoms with Gasteiger partial charge in [-0.1, -0.05) is 6.07 Å². The van der Waals surface area contributed by atoms with Crippen LogP contribution >= 0.6 is 0 Å². The topological polar surface area (TPSA) is 118 Å². The number of ether oxygens (including phenoxy) is 2. The molecule has 0 unspecified atom stereocenters. The van der Waals surface area contributed by atoms with E-state index in [1.807, 2.05) is 24.0 Å². The smallest absolute Gasteiger partial charge is 0.428 e. The zero-order valence-electron chi connectivity index (χ0n) is 21.6. The molecule has 3 aliphatic rings. The molecule has 1 aliphatic carbocycles. The van der Waals surface area contributed by atoms with Gasteiger partial charge in [0.25, 0.3) is 0 Å². The van der Waals surface area contributed by atoms with E-state index in [1.54, 1.807) is 19.5 Å². The Morgan fingerprint density at radius 2 is 2.16 bits per heavy atom. The molecule has 1 atom stereocenters. The number of hydrazone groups is 1. The number of carbonyl (C=O) groups excluding carboxylic acids is 2. The van der Waals surface area contributed by atoms with Crippen LogP contribution in [0.5, 0.6) is 5.88 Å². The van der Waals surface area contributed by atoms with E-state index in [0.717, 1.165) is 42.5 Å². The molecule has 37 heavy (non-hydrogen) atoms. The fourth-order valence-electron chi connectivity index (χ4n) is 5.76. The molecule has 2 aromatic heterocycles. The minimum Gasteiger partial charge on any atom is -0.481 e. The first-order valence-corrected chi connectivity index (χ1v) is 12.9. The first-order valence-electron chi connectivity index (χ1n) is 12.9. The number of fused-ring (bicyclic) bond motifs is 1. The maximum Gasteiger partial charge on any atom is 0.428 e. The van der Waals surface area contributed by atoms with Crippen LogP contribution in [0.2, 0.25) is 0 Å². The Morgan fingerprint density at radius 1 is 1.35 bits per heavy atom. The molecule has 4 heterocycles. The van der Waals surface area contributed by atoms with Crippen LogP contribution in [0.15, 0.2) is 35.7 Å². The Bertz CT molecular complexity index is 1210. The molecule has 0 aromatic carbocycles. The molecular weight excluding hydrogens is 472 g/mol. The molecular formula is C27H34N6O4. The first kappa shape index (κ1) is 25.0. The van der Waals surface area contributed by atoms with Gasteiger partial charge in [-0.25, -0.2) is 20.0 Å². The summed E-state index contributed by atoms with van der Waals surface area (Å²) in [6.45, 7) is 5.27. The Kier molecular flexibility index (Phi) is 6.99. The van der Waals surface area contributed by atoms with Gasteiger partial charge in [-0.3, -0.25) is 4.98 Å². The van der Waals surface area contributed by atoms with Crippen LogP contribution in [-0.4, -0.2) is 58.0 Å². The van der Waals surface area contributed by atoms with E-state index in [-0.39, 0.29) is 12.1 Å². The number of methoxy groups -OCH3 is 1. The summed E-state index contributed by atoms with van der Waals surface area (Å²) in [5.41, 5.74) is 6.40. The van der Waals surface area contributed by atoms with Gasteiger partial charge in [-0.15, -0.1) is 0 Å². The number of pyridine rings is 2. The van der Waals surface area contributed by atoms with Gasteiger partial charge in [0.05, 0.1) is 19.3 Å². The zero-order chi connectivity index (χ0) is 26.0. The molecule has 10 nitrogen and oxygen atoms in total. The second-order valence-corrected chi connectivity index (χ2v) is 10.3. The van der Waals surface area contributed by atoms with E-state index in [9.17, 15) is 9.59 Å². The average Bonchev–Trinajstić information content (AvgIpc) is 2.90. The molecule has 0 bridgehead atoms. The van der Waals surface area contributed by atoms with Crippen LogP contribution in [0.3, 0.4) is 0 Å². The highest BCUT2D eigenvalue weighted by atomic mass is 16.6. The Labute approximate surface area is 216 Å². The van der Waals surface area contributed by atoms with E-state index in [4.69, 9.17) is 9.47 Å². The lowest BCUT2D eigenvalue weighted by Gasteiger charge is -2.42. The molecule has 2 aromatic rings. The van der Waals surface area contributed by atoms with Gasteiger partial charge in [0, 0.05) is 36.6 Å². The molecule has 0 saturated heterocycles. The Balaban J connectivity index is 1.19. The molecule has 0 radical (unpaired) electrons. The molecule has 10 heteroatoms. The number of aryl methyl sites for hydroxylation is 1. The SMILES string of the molecule is COc1cc(C)c(C2=NNC(=O)OC23CCC(C[C@H](C)NC(=O)N2CCc4cccnc4C2)CC3)cn1. The highest BCUT2D eigenvalue weighted by Crippen LogP contribution is 2.41. The summed E-state index contributed by atoms with van der Waals surface area (Å²) in [7, 11) is 1.58. The van der Waals surface area contributed by atoms with Gasteiger partial charge in [-0.05, 0) is 75.5 Å². The summed E-state index contributed by atoms with van der Waals surface area (Å²) >= 11 is 0. The van der Waals surface area contributed by atoms with Crippen molar-refractivity contribution in [1.29, 1.82) is 0 Å². The summed E-state index contributed by atoms with van der Waals surface area (Å²) in [6, 6.07) is 5.88. The minimum absolute atomic E-state index is 0.0356. The first-order chi connectivity index (χ1) is 17.9. The van der Waals surface area contributed by atoms with E-state index >= 15 is 0 Å². The van der Waals surface area contributed by atoms with E-state index in [2.05, 4.69) is 38.8 Å². The van der Waals surface area contributed by atoms with Crippen molar-refractivity contribution in [3.63, 3.8) is 0 Å². The quantitative estimate of drug-likeness (QED) is 0.638. The fourth-order valence-corrected chi connectivity index (χ4v) is 5.76. The van der Waals surface area contributed by atoms with Gasteiger partial charge < -0.3 is 19.7 Å². The van der Waals surface area contributed by atoms with Crippen LogP contribution in [0.1, 0.15) is 61.4 Å². The highest BCUT2D eigenvalue weighted by Gasteiger charge is 2.47. The molecule has 196 valence electrons. The lowest BCUT2D eigenvalue weighted by atomic mass is 9.72. The Hall–Kier alpha value is -3.69. The number of hydrogen-bond acceptors (Lipinski definition) is 7. The standard InChI is InChI=1S/C27H34N6O4/c1-17-13-23(36-3)29-15-21(17)24-27(37-26(35)32-31-24)9-6-19(7-10-27)14-18(2)30-25(34)33-12-8-20-5-4-11-28-22(20)16-33/h4-5,11,13,15,18-19H,6-10,12,14,16H2,1-3H3,(H,30,34)(H,32,35)/t18-,19?,27?/m0/s1. The molecule has 2 aliphatic heterocycles. The average molecular weight is 507 g/mol. The summed E-state index contributed by atoms with van der Waals surface area (Å²) in [4.78, 5) is 35.7. The monoisotopic (exact) mass is 506 g/mol. The maximum absolute atomic E-state index is 12.9. The second-order valence-electron chi connectivity index (χ2n) is 10.3. The van der Waals surface area contributed by atoms with Crippen molar-refractivity contribution in [3.05, 3.63) is 53.0 Å². The van der Waals surface area contributed by atoms with Crippen LogP contribution < -0.4 is 15.5 Å². The normalized spacial score (nSPS) is 23.9. The van der Waals surface area contributed by atoms with Crippen molar-refractivity contribution in [3.8, 4) is 5.88 Å². The largest absolute Gasteiger partial charge is 0.481 e. The Morgan fingerprint density at radius 3 is 2.92 bits per heavy atom. The van der Waals surface area contributed by atoms with Gasteiger partial charge in [0.15, 0.2) is 5.60 Å². The number of aromatic nitrogens is 2. The summed E-state index contributed by atoms with van der Waals surface area (Å²) < 4.78 is 11.1. The van der Waals surface area contributed by atoms with E-state index < -0.39 is 11.7 Å². The summed E-state index contributed by atoms with van der Waals surface area (Å²) in [5.74, 6) is 0.941. The van der Waals surface area contributed by atoms with Gasteiger partial charge in [-0.2, -0.15) is 5.10 Å². The zero-order valence-corrected chi connectivity index (χ0v) is 21.6.